The molecule has 2 atom stereocenters. The Morgan fingerprint density at radius 1 is 1.03 bits per heavy atom. The molecule has 0 spiro atoms. The van der Waals surface area contributed by atoms with Crippen molar-refractivity contribution in [2.75, 3.05) is 19.3 Å². The second-order valence-electron chi connectivity index (χ2n) is 7.83. The van der Waals surface area contributed by atoms with E-state index in [2.05, 4.69) is 4.90 Å². The molecular weight excluding hydrogens is 501 g/mol. The molecule has 4 N–H and O–H groups in total. The van der Waals surface area contributed by atoms with E-state index in [4.69, 9.17) is 39.4 Å². The number of hydrogen-bond acceptors (Lipinski definition) is 6. The first-order valence-corrected chi connectivity index (χ1v) is 12.7. The highest BCUT2D eigenvalue weighted by Crippen LogP contribution is 2.38. The second-order valence-corrected chi connectivity index (χ2v) is 10.5. The van der Waals surface area contributed by atoms with Gasteiger partial charge in [0.2, 0.25) is 0 Å². The van der Waals surface area contributed by atoms with E-state index in [1.165, 1.54) is 12.1 Å². The molecule has 3 rings (SSSR count). The van der Waals surface area contributed by atoms with Crippen LogP contribution in [0.4, 0.5) is 0 Å². The van der Waals surface area contributed by atoms with Gasteiger partial charge in [-0.05, 0) is 55.2 Å². The molecule has 0 aromatic heterocycles. The number of aliphatic hydroxyl groups excluding tert-OH is 1. The van der Waals surface area contributed by atoms with Crippen LogP contribution in [0.25, 0.3) is 0 Å². The van der Waals surface area contributed by atoms with Crippen LogP contribution in [0.2, 0.25) is 15.1 Å². The lowest BCUT2D eigenvalue weighted by molar-refractivity contribution is -0.0501. The fraction of sp³-hybridized carbons (Fsp3) is 0.429. The highest BCUT2D eigenvalue weighted by Gasteiger charge is 2.36. The van der Waals surface area contributed by atoms with Crippen molar-refractivity contribution in [3.8, 4) is 5.75 Å². The van der Waals surface area contributed by atoms with Crippen molar-refractivity contribution in [2.24, 2.45) is 0 Å². The molecule has 0 amide bonds. The summed E-state index contributed by atoms with van der Waals surface area (Å²) in [5.41, 5.74) is 0.516. The standard InChI is InChI=1S/C20H22Cl3NO3.CH4O3S/c1-12(18(25)13-10-16(22)19(26)17(23)11-13)24-8-6-20(27,7-9-24)14-2-4-15(21)5-3-14;1-5(2,3)4/h2-5,10-12,18,25-27H,6-9H2,1H3;1H3,(H,2,3,4)/t12-,18+;/m1./s1. The predicted molar refractivity (Wildman–Crippen MR) is 126 cm³/mol. The molecule has 2 aromatic carbocycles. The van der Waals surface area contributed by atoms with Crippen molar-refractivity contribution >= 4 is 44.9 Å². The highest BCUT2D eigenvalue weighted by atomic mass is 35.5. The minimum atomic E-state index is -3.67. The minimum absolute atomic E-state index is 0.111. The molecule has 1 aliphatic heterocycles. The number of aliphatic hydroxyl groups is 2. The van der Waals surface area contributed by atoms with E-state index >= 15 is 0 Å². The molecule has 178 valence electrons. The number of rotatable bonds is 4. The lowest BCUT2D eigenvalue weighted by Gasteiger charge is -2.42. The molecule has 7 nitrogen and oxygen atoms in total. The number of benzene rings is 2. The second kappa shape index (κ2) is 10.9. The summed E-state index contributed by atoms with van der Waals surface area (Å²) >= 11 is 17.9. The Labute approximate surface area is 202 Å². The summed E-state index contributed by atoms with van der Waals surface area (Å²) < 4.78 is 25.9. The molecule has 0 bridgehead atoms. The number of nitrogens with zero attached hydrogens (tertiary/aromatic N) is 1. The molecule has 32 heavy (non-hydrogen) atoms. The van der Waals surface area contributed by atoms with Gasteiger partial charge in [0.25, 0.3) is 10.1 Å². The van der Waals surface area contributed by atoms with Crippen LogP contribution in [0, 0.1) is 0 Å². The first kappa shape index (κ1) is 27.1. The van der Waals surface area contributed by atoms with Gasteiger partial charge in [-0.3, -0.25) is 9.45 Å². The Kier molecular flexibility index (Phi) is 9.23. The molecule has 1 fully saturated rings. The van der Waals surface area contributed by atoms with Gasteiger partial charge in [0.15, 0.2) is 5.75 Å². The number of aromatic hydroxyl groups is 1. The van der Waals surface area contributed by atoms with E-state index in [9.17, 15) is 23.7 Å². The van der Waals surface area contributed by atoms with Crippen LogP contribution >= 0.6 is 34.8 Å². The van der Waals surface area contributed by atoms with E-state index in [-0.39, 0.29) is 21.8 Å². The molecular formula is C21H26Cl3NO6S. The maximum absolute atomic E-state index is 11.0. The van der Waals surface area contributed by atoms with Gasteiger partial charge >= 0.3 is 0 Å². The summed E-state index contributed by atoms with van der Waals surface area (Å²) in [6.07, 6.45) is 1.01. The van der Waals surface area contributed by atoms with E-state index in [1.807, 2.05) is 19.1 Å². The van der Waals surface area contributed by atoms with E-state index in [0.29, 0.717) is 42.8 Å². The van der Waals surface area contributed by atoms with Crippen molar-refractivity contribution < 1.29 is 28.3 Å². The van der Waals surface area contributed by atoms with Gasteiger partial charge in [0, 0.05) is 24.2 Å². The average Bonchev–Trinajstić information content (AvgIpc) is 2.70. The third-order valence-corrected chi connectivity index (χ3v) is 6.25. The quantitative estimate of drug-likeness (QED) is 0.440. The zero-order chi connectivity index (χ0) is 24.3. The van der Waals surface area contributed by atoms with Crippen LogP contribution in [0.1, 0.15) is 37.0 Å². The van der Waals surface area contributed by atoms with Crippen molar-refractivity contribution in [2.45, 2.75) is 37.5 Å². The molecule has 2 aromatic rings. The van der Waals surface area contributed by atoms with Crippen LogP contribution in [-0.2, 0) is 15.7 Å². The van der Waals surface area contributed by atoms with Crippen molar-refractivity contribution in [3.63, 3.8) is 0 Å². The summed E-state index contributed by atoms with van der Waals surface area (Å²) in [6, 6.07) is 10.1. The molecule has 0 saturated carbocycles. The molecule has 0 aliphatic carbocycles. The topological polar surface area (TPSA) is 118 Å². The van der Waals surface area contributed by atoms with Crippen molar-refractivity contribution in [3.05, 3.63) is 62.6 Å². The van der Waals surface area contributed by atoms with Gasteiger partial charge in [0.1, 0.15) is 0 Å². The molecule has 11 heteroatoms. The monoisotopic (exact) mass is 525 g/mol. The summed E-state index contributed by atoms with van der Waals surface area (Å²) in [5.74, 6) is -0.187. The van der Waals surface area contributed by atoms with Crippen LogP contribution in [-0.4, -0.2) is 58.6 Å². The Balaban J connectivity index is 0.000000654. The molecule has 0 radical (unpaired) electrons. The van der Waals surface area contributed by atoms with Gasteiger partial charge < -0.3 is 15.3 Å². The lowest BCUT2D eigenvalue weighted by Crippen LogP contribution is -2.47. The molecule has 1 aliphatic rings. The van der Waals surface area contributed by atoms with Crippen molar-refractivity contribution in [1.82, 2.24) is 4.90 Å². The predicted octanol–water partition coefficient (Wildman–Crippen LogP) is 4.26. The molecule has 1 saturated heterocycles. The lowest BCUT2D eigenvalue weighted by atomic mass is 9.83. The maximum atomic E-state index is 11.0. The largest absolute Gasteiger partial charge is 0.505 e. The number of phenols is 1. The number of piperidine rings is 1. The fourth-order valence-corrected chi connectivity index (χ4v) is 4.21. The molecule has 0 unspecified atom stereocenters. The number of likely N-dealkylation sites (tertiary alicyclic amines) is 1. The van der Waals surface area contributed by atoms with E-state index in [1.54, 1.807) is 12.1 Å². The first-order valence-electron chi connectivity index (χ1n) is 9.72. The van der Waals surface area contributed by atoms with Crippen LogP contribution in [0.3, 0.4) is 0 Å². The van der Waals surface area contributed by atoms with Crippen LogP contribution in [0.5, 0.6) is 5.75 Å². The summed E-state index contributed by atoms with van der Waals surface area (Å²) in [6.45, 7) is 3.19. The summed E-state index contributed by atoms with van der Waals surface area (Å²) in [5, 5.41) is 32.3. The average molecular weight is 527 g/mol. The highest BCUT2D eigenvalue weighted by molar-refractivity contribution is 7.85. The Morgan fingerprint density at radius 3 is 1.91 bits per heavy atom. The number of halogens is 3. The van der Waals surface area contributed by atoms with E-state index < -0.39 is 21.8 Å². The van der Waals surface area contributed by atoms with E-state index in [0.717, 1.165) is 5.56 Å². The Bertz CT molecular complexity index is 993. The number of phenolic OH excluding ortho intramolecular Hbond substituents is 1. The fourth-order valence-electron chi connectivity index (χ4n) is 3.58. The van der Waals surface area contributed by atoms with Crippen LogP contribution in [0.15, 0.2) is 36.4 Å². The first-order chi connectivity index (χ1) is 14.7. The Morgan fingerprint density at radius 2 is 1.47 bits per heavy atom. The van der Waals surface area contributed by atoms with Crippen molar-refractivity contribution in [1.29, 1.82) is 0 Å². The van der Waals surface area contributed by atoms with Gasteiger partial charge in [-0.1, -0.05) is 46.9 Å². The minimum Gasteiger partial charge on any atom is -0.505 e. The zero-order valence-electron chi connectivity index (χ0n) is 17.5. The van der Waals surface area contributed by atoms with Crippen LogP contribution < -0.4 is 0 Å². The maximum Gasteiger partial charge on any atom is 0.261 e. The van der Waals surface area contributed by atoms with Gasteiger partial charge in [0.05, 0.1) is 28.0 Å². The van der Waals surface area contributed by atoms with Gasteiger partial charge in [-0.2, -0.15) is 8.42 Å². The SMILES string of the molecule is CS(=O)(=O)O.C[C@H]([C@H](O)c1cc(Cl)c(O)c(Cl)c1)N1CCC(O)(c2ccc(Cl)cc2)CC1. The normalized spacial score (nSPS) is 18.4. The summed E-state index contributed by atoms with van der Waals surface area (Å²) in [7, 11) is -3.67. The number of hydrogen-bond donors (Lipinski definition) is 4. The third kappa shape index (κ3) is 7.46. The van der Waals surface area contributed by atoms with Gasteiger partial charge in [-0.25, -0.2) is 0 Å². The molecule has 1 heterocycles. The zero-order valence-corrected chi connectivity index (χ0v) is 20.6. The Hall–Kier alpha value is -1.10. The third-order valence-electron chi connectivity index (χ3n) is 5.42. The van der Waals surface area contributed by atoms with Gasteiger partial charge in [-0.15, -0.1) is 0 Å². The smallest absolute Gasteiger partial charge is 0.261 e. The summed E-state index contributed by atoms with van der Waals surface area (Å²) in [4.78, 5) is 2.13.